The van der Waals surface area contributed by atoms with Crippen molar-refractivity contribution in [2.45, 2.75) is 46.1 Å². The van der Waals surface area contributed by atoms with E-state index in [1.165, 1.54) is 0 Å². The Bertz CT molecular complexity index is 437. The van der Waals surface area contributed by atoms with Gasteiger partial charge in [-0.1, -0.05) is 27.7 Å². The Labute approximate surface area is 96.5 Å². The Kier molecular flexibility index (Phi) is 2.64. The van der Waals surface area contributed by atoms with Gasteiger partial charge in [-0.15, -0.1) is 0 Å². The smallest absolute Gasteiger partial charge is 0.253 e. The highest BCUT2D eigenvalue weighted by Gasteiger charge is 2.44. The van der Waals surface area contributed by atoms with Crippen molar-refractivity contribution < 1.29 is 0 Å². The summed E-state index contributed by atoms with van der Waals surface area (Å²) < 4.78 is 1.95. The first kappa shape index (κ1) is 11.4. The number of aromatic nitrogens is 2. The molecule has 16 heavy (non-hydrogen) atoms. The lowest BCUT2D eigenvalue weighted by Crippen LogP contribution is -2.46. The van der Waals surface area contributed by atoms with E-state index in [-0.39, 0.29) is 11.1 Å². The van der Waals surface area contributed by atoms with Crippen LogP contribution < -0.4 is 5.56 Å². The van der Waals surface area contributed by atoms with Crippen molar-refractivity contribution in [1.82, 2.24) is 9.55 Å². The molecule has 1 aliphatic rings. The summed E-state index contributed by atoms with van der Waals surface area (Å²) in [6.45, 7) is 8.81. The fourth-order valence-corrected chi connectivity index (χ4v) is 3.25. The van der Waals surface area contributed by atoms with E-state index < -0.39 is 0 Å². The summed E-state index contributed by atoms with van der Waals surface area (Å²) in [5, 5.41) is 0. The maximum atomic E-state index is 12.1. The van der Waals surface area contributed by atoms with E-state index in [1.807, 2.05) is 4.57 Å². The molecule has 0 radical (unpaired) electrons. The van der Waals surface area contributed by atoms with Gasteiger partial charge in [-0.05, 0) is 18.3 Å². The van der Waals surface area contributed by atoms with E-state index >= 15 is 0 Å². The quantitative estimate of drug-likeness (QED) is 0.765. The van der Waals surface area contributed by atoms with Crippen LogP contribution in [0.4, 0.5) is 0 Å². The number of fused-ring (bicyclic) bond motifs is 1. The molecule has 2 heterocycles. The minimum Gasteiger partial charge on any atom is -0.290 e. The molecule has 0 saturated carbocycles. The number of hydrogen-bond acceptors (Lipinski definition) is 2. The predicted octanol–water partition coefficient (Wildman–Crippen LogP) is 2.20. The second-order valence-electron chi connectivity index (χ2n) is 5.34. The van der Waals surface area contributed by atoms with Crippen LogP contribution >= 0.6 is 0 Å². The number of rotatable bonds is 2. The largest absolute Gasteiger partial charge is 0.290 e. The van der Waals surface area contributed by atoms with E-state index in [9.17, 15) is 4.79 Å². The molecule has 0 aliphatic carbocycles. The molecule has 0 N–H and O–H groups in total. The van der Waals surface area contributed by atoms with Crippen molar-refractivity contribution in [2.75, 3.05) is 0 Å². The molecule has 0 spiro atoms. The summed E-state index contributed by atoms with van der Waals surface area (Å²) in [5.74, 6) is 1.86. The highest BCUT2D eigenvalue weighted by molar-refractivity contribution is 5.10. The first-order chi connectivity index (χ1) is 7.50. The fourth-order valence-electron chi connectivity index (χ4n) is 3.25. The van der Waals surface area contributed by atoms with Gasteiger partial charge in [0, 0.05) is 18.7 Å². The van der Waals surface area contributed by atoms with Gasteiger partial charge in [0.15, 0.2) is 0 Å². The molecule has 0 aromatic carbocycles. The standard InChI is InChI=1S/C13H20N2O/c1-9(2)13(10(3)4)7-5-11-14-8-6-12(16)15(11)13/h6,8-10H,5,7H2,1-4H3. The van der Waals surface area contributed by atoms with Crippen LogP contribution in [-0.2, 0) is 12.0 Å². The molecule has 0 fully saturated rings. The van der Waals surface area contributed by atoms with Crippen LogP contribution in [0, 0.1) is 11.8 Å². The molecule has 0 unspecified atom stereocenters. The van der Waals surface area contributed by atoms with E-state index in [4.69, 9.17) is 0 Å². The Hall–Kier alpha value is -1.12. The van der Waals surface area contributed by atoms with Crippen LogP contribution in [0.2, 0.25) is 0 Å². The Balaban J connectivity index is 2.68. The molecular weight excluding hydrogens is 200 g/mol. The van der Waals surface area contributed by atoms with E-state index in [2.05, 4.69) is 32.7 Å². The lowest BCUT2D eigenvalue weighted by Gasteiger charge is -2.39. The predicted molar refractivity (Wildman–Crippen MR) is 64.5 cm³/mol. The van der Waals surface area contributed by atoms with Crippen LogP contribution in [0.1, 0.15) is 39.9 Å². The number of aryl methyl sites for hydroxylation is 1. The minimum absolute atomic E-state index is 0.0410. The Morgan fingerprint density at radius 3 is 2.50 bits per heavy atom. The van der Waals surface area contributed by atoms with Crippen molar-refractivity contribution in [2.24, 2.45) is 11.8 Å². The molecule has 1 aromatic rings. The average Bonchev–Trinajstić information content (AvgIpc) is 2.59. The summed E-state index contributed by atoms with van der Waals surface area (Å²) in [4.78, 5) is 16.4. The summed E-state index contributed by atoms with van der Waals surface area (Å²) >= 11 is 0. The molecule has 3 nitrogen and oxygen atoms in total. The molecule has 0 atom stereocenters. The normalized spacial score (nSPS) is 18.1. The van der Waals surface area contributed by atoms with Gasteiger partial charge in [0.2, 0.25) is 0 Å². The zero-order valence-corrected chi connectivity index (χ0v) is 10.5. The van der Waals surface area contributed by atoms with Crippen LogP contribution in [0.25, 0.3) is 0 Å². The SMILES string of the molecule is CC(C)C1(C(C)C)CCc2nccc(=O)n21. The zero-order chi connectivity index (χ0) is 11.9. The monoisotopic (exact) mass is 220 g/mol. The lowest BCUT2D eigenvalue weighted by atomic mass is 9.75. The molecule has 0 bridgehead atoms. The van der Waals surface area contributed by atoms with Crippen molar-refractivity contribution in [3.05, 3.63) is 28.4 Å². The summed E-state index contributed by atoms with van der Waals surface area (Å²) in [5.41, 5.74) is 0.0608. The molecule has 1 aliphatic heterocycles. The third-order valence-electron chi connectivity index (χ3n) is 4.08. The average molecular weight is 220 g/mol. The first-order valence-electron chi connectivity index (χ1n) is 6.07. The van der Waals surface area contributed by atoms with Crippen molar-refractivity contribution in [3.8, 4) is 0 Å². The van der Waals surface area contributed by atoms with Crippen molar-refractivity contribution in [1.29, 1.82) is 0 Å². The summed E-state index contributed by atoms with van der Waals surface area (Å²) in [7, 11) is 0. The van der Waals surface area contributed by atoms with Gasteiger partial charge in [-0.3, -0.25) is 9.36 Å². The third kappa shape index (κ3) is 1.34. The second kappa shape index (κ2) is 3.72. The maximum absolute atomic E-state index is 12.1. The Morgan fingerprint density at radius 2 is 1.94 bits per heavy atom. The van der Waals surface area contributed by atoms with Gasteiger partial charge < -0.3 is 0 Å². The molecule has 88 valence electrons. The van der Waals surface area contributed by atoms with Crippen LogP contribution in [0.5, 0.6) is 0 Å². The van der Waals surface area contributed by atoms with Crippen LogP contribution in [-0.4, -0.2) is 9.55 Å². The van der Waals surface area contributed by atoms with Crippen molar-refractivity contribution in [3.63, 3.8) is 0 Å². The summed E-state index contributed by atoms with van der Waals surface area (Å²) in [6.07, 6.45) is 3.59. The Morgan fingerprint density at radius 1 is 1.31 bits per heavy atom. The number of nitrogens with zero attached hydrogens (tertiary/aromatic N) is 2. The van der Waals surface area contributed by atoms with E-state index in [1.54, 1.807) is 12.3 Å². The highest BCUT2D eigenvalue weighted by Crippen LogP contribution is 2.42. The molecule has 3 heteroatoms. The molecular formula is C13H20N2O. The molecule has 0 saturated heterocycles. The topological polar surface area (TPSA) is 34.9 Å². The molecule has 1 aromatic heterocycles. The van der Waals surface area contributed by atoms with Crippen LogP contribution in [0.15, 0.2) is 17.1 Å². The maximum Gasteiger partial charge on any atom is 0.253 e. The lowest BCUT2D eigenvalue weighted by molar-refractivity contribution is 0.127. The van der Waals surface area contributed by atoms with Gasteiger partial charge in [-0.2, -0.15) is 0 Å². The van der Waals surface area contributed by atoms with Gasteiger partial charge in [0.1, 0.15) is 5.82 Å². The van der Waals surface area contributed by atoms with Crippen molar-refractivity contribution >= 4 is 0 Å². The van der Waals surface area contributed by atoms with E-state index in [0.29, 0.717) is 11.8 Å². The van der Waals surface area contributed by atoms with E-state index in [0.717, 1.165) is 18.7 Å². The molecule has 2 rings (SSSR count). The number of hydrogen-bond donors (Lipinski definition) is 0. The van der Waals surface area contributed by atoms with Gasteiger partial charge >= 0.3 is 0 Å². The van der Waals surface area contributed by atoms with Gasteiger partial charge in [0.05, 0.1) is 5.54 Å². The molecule has 0 amide bonds. The fraction of sp³-hybridized carbons (Fsp3) is 0.692. The third-order valence-corrected chi connectivity index (χ3v) is 4.08. The van der Waals surface area contributed by atoms with Crippen LogP contribution in [0.3, 0.4) is 0 Å². The zero-order valence-electron chi connectivity index (χ0n) is 10.5. The van der Waals surface area contributed by atoms with Gasteiger partial charge in [-0.25, -0.2) is 4.98 Å². The summed E-state index contributed by atoms with van der Waals surface area (Å²) in [6, 6.07) is 1.58. The second-order valence-corrected chi connectivity index (χ2v) is 5.34. The highest BCUT2D eigenvalue weighted by atomic mass is 16.1. The minimum atomic E-state index is -0.0410. The van der Waals surface area contributed by atoms with Gasteiger partial charge in [0.25, 0.3) is 5.56 Å². The first-order valence-corrected chi connectivity index (χ1v) is 6.07.